The monoisotopic (exact) mass is 376 g/mol. The van der Waals surface area contributed by atoms with Gasteiger partial charge in [0, 0.05) is 6.61 Å². The molecule has 2 aliphatic rings. The van der Waals surface area contributed by atoms with Gasteiger partial charge in [-0.2, -0.15) is 0 Å². The molecule has 0 amide bonds. The van der Waals surface area contributed by atoms with Gasteiger partial charge in [-0.05, 0) is 80.9 Å². The summed E-state index contributed by atoms with van der Waals surface area (Å²) in [4.78, 5) is 0. The third kappa shape index (κ3) is 5.94. The van der Waals surface area contributed by atoms with Crippen LogP contribution in [0.4, 0.5) is 4.39 Å². The molecule has 1 atom stereocenters. The molecule has 1 aliphatic carbocycles. The minimum atomic E-state index is -0.180. The molecule has 27 heavy (non-hydrogen) atoms. The molecule has 3 heteroatoms. The van der Waals surface area contributed by atoms with Crippen molar-refractivity contribution in [2.45, 2.75) is 103 Å². The van der Waals surface area contributed by atoms with Crippen LogP contribution >= 0.6 is 0 Å². The smallest absolute Gasteiger partial charge is 0.165 e. The summed E-state index contributed by atoms with van der Waals surface area (Å²) in [5, 5.41) is 0. The molecule has 152 valence electrons. The van der Waals surface area contributed by atoms with Crippen LogP contribution in [-0.4, -0.2) is 18.8 Å². The van der Waals surface area contributed by atoms with Crippen LogP contribution < -0.4 is 4.74 Å². The van der Waals surface area contributed by atoms with Gasteiger partial charge in [0.15, 0.2) is 11.6 Å². The first kappa shape index (κ1) is 20.6. The fourth-order valence-corrected chi connectivity index (χ4v) is 4.77. The molecule has 0 aromatic heterocycles. The normalized spacial score (nSPS) is 25.1. The second kappa shape index (κ2) is 10.5. The average molecular weight is 377 g/mol. The number of fused-ring (bicyclic) bond motifs is 1. The van der Waals surface area contributed by atoms with Crippen LogP contribution in [0.15, 0.2) is 12.1 Å². The van der Waals surface area contributed by atoms with Gasteiger partial charge in [0.25, 0.3) is 0 Å². The lowest BCUT2D eigenvalue weighted by atomic mass is 9.85. The van der Waals surface area contributed by atoms with Crippen molar-refractivity contribution in [3.8, 4) is 5.75 Å². The van der Waals surface area contributed by atoms with E-state index in [2.05, 4.69) is 19.9 Å². The summed E-state index contributed by atoms with van der Waals surface area (Å²) >= 11 is 0. The van der Waals surface area contributed by atoms with Gasteiger partial charge in [0.1, 0.15) is 0 Å². The number of hydrogen-bond acceptors (Lipinski definition) is 2. The molecule has 1 unspecified atom stereocenters. The van der Waals surface area contributed by atoms with Crippen LogP contribution in [0.1, 0.15) is 89.2 Å². The highest BCUT2D eigenvalue weighted by Gasteiger charge is 2.24. The predicted octanol–water partition coefficient (Wildman–Crippen LogP) is 6.63. The number of aryl methyl sites for hydroxylation is 2. The minimum absolute atomic E-state index is 0.132. The topological polar surface area (TPSA) is 18.5 Å². The highest BCUT2D eigenvalue weighted by Crippen LogP contribution is 2.33. The first-order valence-electron chi connectivity index (χ1n) is 11.3. The lowest BCUT2D eigenvalue weighted by Crippen LogP contribution is -2.25. The largest absolute Gasteiger partial charge is 0.487 e. The number of benzene rings is 1. The van der Waals surface area contributed by atoms with E-state index >= 15 is 0 Å². The van der Waals surface area contributed by atoms with Crippen molar-refractivity contribution in [1.82, 2.24) is 0 Å². The molecule has 3 rings (SSSR count). The summed E-state index contributed by atoms with van der Waals surface area (Å²) in [6.45, 7) is 5.22. The van der Waals surface area contributed by atoms with Gasteiger partial charge in [-0.25, -0.2) is 4.39 Å². The Hall–Kier alpha value is -1.09. The first-order chi connectivity index (χ1) is 13.2. The van der Waals surface area contributed by atoms with E-state index in [0.29, 0.717) is 11.9 Å². The second-order valence-electron chi connectivity index (χ2n) is 8.54. The standard InChI is InChI=1S/C24H37FO2/c1-3-6-18-9-12-21(13-10-18)26-15-5-8-22-14-11-20-16-19(7-4-2)17-23(25)24(20)27-22/h16-18,21-22H,3-15H2,1-2H3. The van der Waals surface area contributed by atoms with Crippen molar-refractivity contribution in [3.63, 3.8) is 0 Å². The minimum Gasteiger partial charge on any atom is -0.487 e. The Kier molecular flexibility index (Phi) is 7.99. The average Bonchev–Trinajstić information content (AvgIpc) is 2.67. The van der Waals surface area contributed by atoms with Crippen molar-refractivity contribution in [2.75, 3.05) is 6.61 Å². The van der Waals surface area contributed by atoms with Crippen molar-refractivity contribution in [1.29, 1.82) is 0 Å². The molecule has 1 aliphatic heterocycles. The quantitative estimate of drug-likeness (QED) is 0.450. The van der Waals surface area contributed by atoms with Crippen LogP contribution in [0.5, 0.6) is 5.75 Å². The van der Waals surface area contributed by atoms with E-state index in [-0.39, 0.29) is 11.9 Å². The Balaban J connectivity index is 1.37. The molecule has 1 heterocycles. The molecule has 0 bridgehead atoms. The Bertz CT molecular complexity index is 578. The maximum absolute atomic E-state index is 14.4. The number of ether oxygens (including phenoxy) is 2. The number of halogens is 1. The lowest BCUT2D eigenvalue weighted by Gasteiger charge is -2.29. The van der Waals surface area contributed by atoms with E-state index in [1.54, 1.807) is 6.07 Å². The molecule has 0 spiro atoms. The van der Waals surface area contributed by atoms with E-state index in [1.165, 1.54) is 38.5 Å². The zero-order chi connectivity index (χ0) is 19.1. The van der Waals surface area contributed by atoms with Gasteiger partial charge in [-0.3, -0.25) is 0 Å². The fourth-order valence-electron chi connectivity index (χ4n) is 4.77. The Morgan fingerprint density at radius 3 is 2.59 bits per heavy atom. The van der Waals surface area contributed by atoms with E-state index in [9.17, 15) is 4.39 Å². The van der Waals surface area contributed by atoms with Crippen molar-refractivity contribution in [2.24, 2.45) is 5.92 Å². The third-order valence-corrected chi connectivity index (χ3v) is 6.25. The molecule has 2 nitrogen and oxygen atoms in total. The van der Waals surface area contributed by atoms with Gasteiger partial charge in [-0.1, -0.05) is 39.2 Å². The molecule has 1 aromatic carbocycles. The molecule has 1 fully saturated rings. The van der Waals surface area contributed by atoms with Crippen LogP contribution in [0.2, 0.25) is 0 Å². The molecule has 0 saturated heterocycles. The highest BCUT2D eigenvalue weighted by atomic mass is 19.1. The van der Waals surface area contributed by atoms with E-state index in [4.69, 9.17) is 9.47 Å². The van der Waals surface area contributed by atoms with Crippen molar-refractivity contribution < 1.29 is 13.9 Å². The summed E-state index contributed by atoms with van der Waals surface area (Å²) in [7, 11) is 0. The zero-order valence-electron chi connectivity index (χ0n) is 17.3. The maximum Gasteiger partial charge on any atom is 0.165 e. The summed E-state index contributed by atoms with van der Waals surface area (Å²) in [5.41, 5.74) is 2.15. The third-order valence-electron chi connectivity index (χ3n) is 6.25. The first-order valence-corrected chi connectivity index (χ1v) is 11.3. The number of rotatable bonds is 9. The summed E-state index contributed by atoms with van der Waals surface area (Å²) in [6.07, 6.45) is 14.3. The maximum atomic E-state index is 14.4. The SMILES string of the molecule is CCCc1cc(F)c2c(c1)CCC(CCCOC1CCC(CCC)CC1)O2. The van der Waals surface area contributed by atoms with Gasteiger partial charge in [0.2, 0.25) is 0 Å². The van der Waals surface area contributed by atoms with Gasteiger partial charge < -0.3 is 9.47 Å². The Morgan fingerprint density at radius 2 is 1.85 bits per heavy atom. The highest BCUT2D eigenvalue weighted by molar-refractivity contribution is 5.40. The molecule has 1 aromatic rings. The fraction of sp³-hybridized carbons (Fsp3) is 0.750. The Morgan fingerprint density at radius 1 is 1.04 bits per heavy atom. The van der Waals surface area contributed by atoms with E-state index < -0.39 is 0 Å². The van der Waals surface area contributed by atoms with Crippen LogP contribution in [0, 0.1) is 11.7 Å². The summed E-state index contributed by atoms with van der Waals surface area (Å²) < 4.78 is 26.5. The number of hydrogen-bond donors (Lipinski definition) is 0. The zero-order valence-corrected chi connectivity index (χ0v) is 17.3. The molecular weight excluding hydrogens is 339 g/mol. The Labute approximate surface area is 164 Å². The van der Waals surface area contributed by atoms with E-state index in [0.717, 1.165) is 62.2 Å². The summed E-state index contributed by atoms with van der Waals surface area (Å²) in [6, 6.07) is 3.79. The molecule has 0 N–H and O–H groups in total. The van der Waals surface area contributed by atoms with E-state index in [1.807, 2.05) is 0 Å². The van der Waals surface area contributed by atoms with Crippen LogP contribution in [-0.2, 0) is 17.6 Å². The second-order valence-corrected chi connectivity index (χ2v) is 8.54. The van der Waals surface area contributed by atoms with Gasteiger partial charge in [-0.15, -0.1) is 0 Å². The van der Waals surface area contributed by atoms with Gasteiger partial charge >= 0.3 is 0 Å². The molecule has 1 saturated carbocycles. The molecule has 0 radical (unpaired) electrons. The molecular formula is C24H37FO2. The van der Waals surface area contributed by atoms with Gasteiger partial charge in [0.05, 0.1) is 12.2 Å². The van der Waals surface area contributed by atoms with Crippen molar-refractivity contribution >= 4 is 0 Å². The van der Waals surface area contributed by atoms with Crippen LogP contribution in [0.25, 0.3) is 0 Å². The van der Waals surface area contributed by atoms with Crippen LogP contribution in [0.3, 0.4) is 0 Å². The lowest BCUT2D eigenvalue weighted by molar-refractivity contribution is 0.0112. The summed E-state index contributed by atoms with van der Waals surface area (Å²) in [5.74, 6) is 1.25. The predicted molar refractivity (Wildman–Crippen MR) is 109 cm³/mol. The van der Waals surface area contributed by atoms with Crippen molar-refractivity contribution in [3.05, 3.63) is 29.1 Å².